The lowest BCUT2D eigenvalue weighted by molar-refractivity contribution is -0.143. The summed E-state index contributed by atoms with van der Waals surface area (Å²) in [4.78, 5) is 28.8. The highest BCUT2D eigenvalue weighted by molar-refractivity contribution is 6.42. The second-order valence-electron chi connectivity index (χ2n) is 9.35. The third-order valence-electron chi connectivity index (χ3n) is 6.29. The van der Waals surface area contributed by atoms with Gasteiger partial charge >= 0.3 is 0 Å². The van der Waals surface area contributed by atoms with Crippen molar-refractivity contribution < 1.29 is 14.3 Å². The summed E-state index contributed by atoms with van der Waals surface area (Å²) in [6.07, 6.45) is 1.14. The van der Waals surface area contributed by atoms with E-state index in [4.69, 9.17) is 27.9 Å². The highest BCUT2D eigenvalue weighted by Gasteiger charge is 2.31. The quantitative estimate of drug-likeness (QED) is 0.300. The maximum Gasteiger partial charge on any atom is 0.261 e. The van der Waals surface area contributed by atoms with Crippen molar-refractivity contribution in [3.63, 3.8) is 0 Å². The number of benzene rings is 3. The van der Waals surface area contributed by atoms with E-state index in [0.29, 0.717) is 22.2 Å². The van der Waals surface area contributed by atoms with Crippen LogP contribution < -0.4 is 10.1 Å². The van der Waals surface area contributed by atoms with Crippen LogP contribution in [-0.2, 0) is 22.6 Å². The molecule has 0 aliphatic rings. The van der Waals surface area contributed by atoms with Crippen molar-refractivity contribution in [1.29, 1.82) is 0 Å². The van der Waals surface area contributed by atoms with Gasteiger partial charge in [-0.2, -0.15) is 0 Å². The zero-order valence-electron chi connectivity index (χ0n) is 21.8. The molecule has 7 heteroatoms. The Morgan fingerprint density at radius 2 is 1.68 bits per heavy atom. The van der Waals surface area contributed by atoms with E-state index in [1.807, 2.05) is 82.3 Å². The molecule has 2 atom stereocenters. The Morgan fingerprint density at radius 1 is 0.946 bits per heavy atom. The molecule has 2 unspecified atom stereocenters. The van der Waals surface area contributed by atoms with Gasteiger partial charge in [-0.05, 0) is 62.1 Å². The van der Waals surface area contributed by atoms with E-state index < -0.39 is 6.04 Å². The Bertz CT molecular complexity index is 1220. The van der Waals surface area contributed by atoms with Crippen LogP contribution in [0.4, 0.5) is 0 Å². The van der Waals surface area contributed by atoms with Crippen molar-refractivity contribution >= 4 is 35.0 Å². The van der Waals surface area contributed by atoms with Gasteiger partial charge in [0.2, 0.25) is 5.91 Å². The van der Waals surface area contributed by atoms with Gasteiger partial charge in [-0.15, -0.1) is 0 Å². The molecule has 2 amide bonds. The average Bonchev–Trinajstić information content (AvgIpc) is 2.88. The molecule has 0 radical (unpaired) electrons. The smallest absolute Gasteiger partial charge is 0.261 e. The van der Waals surface area contributed by atoms with Gasteiger partial charge in [0.15, 0.2) is 6.61 Å². The van der Waals surface area contributed by atoms with Gasteiger partial charge in [-0.25, -0.2) is 0 Å². The molecule has 3 rings (SSSR count). The molecule has 0 heterocycles. The van der Waals surface area contributed by atoms with Crippen LogP contribution in [0.2, 0.25) is 10.0 Å². The molecule has 0 bridgehead atoms. The monoisotopic (exact) mass is 540 g/mol. The first-order valence-electron chi connectivity index (χ1n) is 12.5. The molecule has 0 saturated heterocycles. The first-order valence-corrected chi connectivity index (χ1v) is 13.2. The summed E-state index contributed by atoms with van der Waals surface area (Å²) >= 11 is 12.4. The van der Waals surface area contributed by atoms with Gasteiger partial charge in [0.05, 0.1) is 10.0 Å². The average molecular weight is 542 g/mol. The predicted molar refractivity (Wildman–Crippen MR) is 150 cm³/mol. The summed E-state index contributed by atoms with van der Waals surface area (Å²) < 4.78 is 5.93. The van der Waals surface area contributed by atoms with Crippen LogP contribution >= 0.6 is 23.2 Å². The lowest BCUT2D eigenvalue weighted by atomic mass is 10.0. The van der Waals surface area contributed by atoms with E-state index in [2.05, 4.69) is 5.32 Å². The normalized spacial score (nSPS) is 12.5. The molecule has 5 nitrogen and oxygen atoms in total. The van der Waals surface area contributed by atoms with E-state index in [-0.39, 0.29) is 31.0 Å². The summed E-state index contributed by atoms with van der Waals surface area (Å²) in [5.41, 5.74) is 3.78. The van der Waals surface area contributed by atoms with Crippen LogP contribution in [0, 0.1) is 13.8 Å². The van der Waals surface area contributed by atoms with Crippen LogP contribution in [0.15, 0.2) is 66.7 Å². The number of nitrogens with one attached hydrogen (secondary N) is 1. The van der Waals surface area contributed by atoms with Crippen LogP contribution in [0.5, 0.6) is 5.75 Å². The molecular formula is C30H34Cl2N2O3. The lowest BCUT2D eigenvalue weighted by Gasteiger charge is -2.32. The Hall–Kier alpha value is -3.02. The van der Waals surface area contributed by atoms with E-state index in [9.17, 15) is 9.59 Å². The fraction of sp³-hybridized carbons (Fsp3) is 0.333. The number of hydrogen-bond donors (Lipinski definition) is 1. The molecule has 0 aliphatic carbocycles. The van der Waals surface area contributed by atoms with Gasteiger partial charge in [0, 0.05) is 19.0 Å². The number of carbonyl (C=O) groups is 2. The van der Waals surface area contributed by atoms with Gasteiger partial charge in [0.25, 0.3) is 5.91 Å². The van der Waals surface area contributed by atoms with Gasteiger partial charge in [-0.3, -0.25) is 9.59 Å². The third-order valence-corrected chi connectivity index (χ3v) is 7.03. The number of aryl methyl sites for hydroxylation is 2. The van der Waals surface area contributed by atoms with E-state index in [1.54, 1.807) is 17.0 Å². The number of amides is 2. The Labute approximate surface area is 229 Å². The number of halogens is 2. The predicted octanol–water partition coefficient (Wildman–Crippen LogP) is 6.54. The van der Waals surface area contributed by atoms with Crippen LogP contribution in [0.1, 0.15) is 42.5 Å². The molecule has 0 spiro atoms. The zero-order valence-corrected chi connectivity index (χ0v) is 23.3. The zero-order chi connectivity index (χ0) is 26.9. The molecule has 3 aromatic carbocycles. The van der Waals surface area contributed by atoms with E-state index in [0.717, 1.165) is 28.7 Å². The minimum absolute atomic E-state index is 0.0286. The standard InChI is InChI=1S/C30H34Cl2N2O3/c1-5-22(4)33-30(36)27(17-23-9-7-6-8-10-23)34(18-24-12-13-25(31)26(32)16-24)29(35)19-37-28-14-11-20(2)15-21(28)3/h6-16,22,27H,5,17-19H2,1-4H3,(H,33,36). The fourth-order valence-electron chi connectivity index (χ4n) is 4.01. The summed E-state index contributed by atoms with van der Waals surface area (Å²) in [6, 6.07) is 19.9. The summed E-state index contributed by atoms with van der Waals surface area (Å²) in [7, 11) is 0. The Morgan fingerprint density at radius 3 is 2.32 bits per heavy atom. The van der Waals surface area contributed by atoms with Gasteiger partial charge < -0.3 is 15.0 Å². The van der Waals surface area contributed by atoms with Crippen molar-refractivity contribution in [2.24, 2.45) is 0 Å². The number of ether oxygens (including phenoxy) is 1. The molecule has 196 valence electrons. The molecule has 0 fully saturated rings. The fourth-order valence-corrected chi connectivity index (χ4v) is 4.33. The number of rotatable bonds is 11. The number of nitrogens with zero attached hydrogens (tertiary/aromatic N) is 1. The minimum atomic E-state index is -0.749. The van der Waals surface area contributed by atoms with Crippen LogP contribution in [0.25, 0.3) is 0 Å². The summed E-state index contributed by atoms with van der Waals surface area (Å²) in [6.45, 7) is 7.88. The van der Waals surface area contributed by atoms with Crippen molar-refractivity contribution in [1.82, 2.24) is 10.2 Å². The first-order chi connectivity index (χ1) is 17.7. The second kappa shape index (κ2) is 13.5. The highest BCUT2D eigenvalue weighted by Crippen LogP contribution is 2.25. The Kier molecular flexibility index (Phi) is 10.4. The van der Waals surface area contributed by atoms with E-state index >= 15 is 0 Å². The number of carbonyl (C=O) groups excluding carboxylic acids is 2. The molecule has 37 heavy (non-hydrogen) atoms. The van der Waals surface area contributed by atoms with Crippen molar-refractivity contribution in [2.75, 3.05) is 6.61 Å². The minimum Gasteiger partial charge on any atom is -0.483 e. The molecular weight excluding hydrogens is 507 g/mol. The molecule has 3 aromatic rings. The van der Waals surface area contributed by atoms with Crippen molar-refractivity contribution in [2.45, 2.75) is 59.2 Å². The first kappa shape index (κ1) is 28.5. The molecule has 0 saturated carbocycles. The summed E-state index contributed by atoms with van der Waals surface area (Å²) in [5.74, 6) is 0.126. The summed E-state index contributed by atoms with van der Waals surface area (Å²) in [5, 5.41) is 3.88. The van der Waals surface area contributed by atoms with E-state index in [1.165, 1.54) is 0 Å². The van der Waals surface area contributed by atoms with Gasteiger partial charge in [-0.1, -0.05) is 84.2 Å². The van der Waals surface area contributed by atoms with Crippen LogP contribution in [0.3, 0.4) is 0 Å². The van der Waals surface area contributed by atoms with Crippen molar-refractivity contribution in [3.8, 4) is 5.75 Å². The largest absolute Gasteiger partial charge is 0.483 e. The Balaban J connectivity index is 1.94. The maximum absolute atomic E-state index is 13.7. The lowest BCUT2D eigenvalue weighted by Crippen LogP contribution is -2.53. The third kappa shape index (κ3) is 8.24. The maximum atomic E-state index is 13.7. The topological polar surface area (TPSA) is 58.6 Å². The molecule has 0 aromatic heterocycles. The SMILES string of the molecule is CCC(C)NC(=O)C(Cc1ccccc1)N(Cc1ccc(Cl)c(Cl)c1)C(=O)COc1ccc(C)cc1C. The van der Waals surface area contributed by atoms with Crippen molar-refractivity contribution in [3.05, 3.63) is 99.0 Å². The molecule has 1 N–H and O–H groups in total. The molecule has 0 aliphatic heterocycles. The second-order valence-corrected chi connectivity index (χ2v) is 10.2. The van der Waals surface area contributed by atoms with Gasteiger partial charge in [0.1, 0.15) is 11.8 Å². The number of hydrogen-bond acceptors (Lipinski definition) is 3. The highest BCUT2D eigenvalue weighted by atomic mass is 35.5. The van der Waals surface area contributed by atoms with Crippen LogP contribution in [-0.4, -0.2) is 35.4 Å².